The number of hydrogen-bond donors (Lipinski definition) is 2. The van der Waals surface area contributed by atoms with Gasteiger partial charge in [0.25, 0.3) is 5.69 Å². The molecule has 76 valence electrons. The Hall–Kier alpha value is -1.46. The Morgan fingerprint density at radius 2 is 2.29 bits per heavy atom. The second-order valence-electron chi connectivity index (χ2n) is 3.06. The monoisotopic (exact) mass is 196 g/mol. The summed E-state index contributed by atoms with van der Waals surface area (Å²) in [4.78, 5) is 10.3. The van der Waals surface area contributed by atoms with Gasteiger partial charge in [-0.05, 0) is 6.92 Å². The van der Waals surface area contributed by atoms with Crippen LogP contribution in [0.5, 0.6) is 0 Å². The van der Waals surface area contributed by atoms with E-state index in [4.69, 9.17) is 10.8 Å². The van der Waals surface area contributed by atoms with Gasteiger partial charge >= 0.3 is 0 Å². The van der Waals surface area contributed by atoms with Crippen molar-refractivity contribution in [1.29, 1.82) is 0 Å². The van der Waals surface area contributed by atoms with Gasteiger partial charge in [0, 0.05) is 11.1 Å². The Morgan fingerprint density at radius 3 is 2.79 bits per heavy atom. The van der Waals surface area contributed by atoms with Crippen molar-refractivity contribution in [2.75, 3.05) is 6.61 Å². The Kier molecular flexibility index (Phi) is 3.16. The summed E-state index contributed by atoms with van der Waals surface area (Å²) >= 11 is 0. The Labute approximate surface area is 81.3 Å². The van der Waals surface area contributed by atoms with Crippen LogP contribution in [0, 0.1) is 17.0 Å². The van der Waals surface area contributed by atoms with E-state index in [9.17, 15) is 10.1 Å². The molecule has 0 aliphatic heterocycles. The molecule has 5 nitrogen and oxygen atoms in total. The highest BCUT2D eigenvalue weighted by Gasteiger charge is 2.20. The molecule has 0 unspecified atom stereocenters. The van der Waals surface area contributed by atoms with Gasteiger partial charge in [0.2, 0.25) is 0 Å². The van der Waals surface area contributed by atoms with E-state index < -0.39 is 11.0 Å². The number of aryl methyl sites for hydroxylation is 1. The molecule has 0 spiro atoms. The second kappa shape index (κ2) is 4.17. The smallest absolute Gasteiger partial charge is 0.277 e. The summed E-state index contributed by atoms with van der Waals surface area (Å²) in [6, 6.07) is 4.19. The van der Waals surface area contributed by atoms with E-state index in [1.165, 1.54) is 0 Å². The largest absolute Gasteiger partial charge is 0.394 e. The number of aliphatic hydroxyl groups is 1. The molecule has 0 aromatic heterocycles. The molecule has 3 N–H and O–H groups in total. The highest BCUT2D eigenvalue weighted by atomic mass is 16.6. The SMILES string of the molecule is Cc1cccc([C@@H](N)CO)c1[N+](=O)[O-]. The van der Waals surface area contributed by atoms with Gasteiger partial charge in [-0.3, -0.25) is 10.1 Å². The van der Waals surface area contributed by atoms with Gasteiger partial charge in [0.15, 0.2) is 0 Å². The maximum atomic E-state index is 10.7. The molecule has 1 rings (SSSR count). The second-order valence-corrected chi connectivity index (χ2v) is 3.06. The lowest BCUT2D eigenvalue weighted by molar-refractivity contribution is -0.386. The van der Waals surface area contributed by atoms with Gasteiger partial charge in [-0.15, -0.1) is 0 Å². The Bertz CT molecular complexity index is 352. The fourth-order valence-electron chi connectivity index (χ4n) is 1.33. The summed E-state index contributed by atoms with van der Waals surface area (Å²) in [5.74, 6) is 0. The number of rotatable bonds is 3. The summed E-state index contributed by atoms with van der Waals surface area (Å²) in [7, 11) is 0. The van der Waals surface area contributed by atoms with Gasteiger partial charge in [0.1, 0.15) is 0 Å². The van der Waals surface area contributed by atoms with Gasteiger partial charge in [-0.2, -0.15) is 0 Å². The number of nitro benzene ring substituents is 1. The molecule has 0 saturated heterocycles. The molecule has 1 aromatic rings. The number of nitrogens with two attached hydrogens (primary N) is 1. The fraction of sp³-hybridized carbons (Fsp3) is 0.333. The predicted octanol–water partition coefficient (Wildman–Crippen LogP) is 0.895. The van der Waals surface area contributed by atoms with Crippen molar-refractivity contribution in [3.05, 3.63) is 39.4 Å². The number of benzene rings is 1. The minimum absolute atomic E-state index is 0.00551. The van der Waals surface area contributed by atoms with Gasteiger partial charge in [0.05, 0.1) is 17.6 Å². The van der Waals surface area contributed by atoms with Crippen LogP contribution in [-0.2, 0) is 0 Å². The lowest BCUT2D eigenvalue weighted by Gasteiger charge is -2.09. The minimum Gasteiger partial charge on any atom is -0.394 e. The summed E-state index contributed by atoms with van der Waals surface area (Å²) < 4.78 is 0. The number of nitro groups is 1. The van der Waals surface area contributed by atoms with Crippen LogP contribution in [0.3, 0.4) is 0 Å². The molecule has 0 amide bonds. The van der Waals surface area contributed by atoms with Crippen molar-refractivity contribution in [3.63, 3.8) is 0 Å². The summed E-state index contributed by atoms with van der Waals surface area (Å²) in [5.41, 5.74) is 6.47. The van der Waals surface area contributed by atoms with Crippen molar-refractivity contribution < 1.29 is 10.0 Å². The maximum absolute atomic E-state index is 10.7. The van der Waals surface area contributed by atoms with Crippen molar-refractivity contribution in [2.45, 2.75) is 13.0 Å². The van der Waals surface area contributed by atoms with Crippen LogP contribution < -0.4 is 5.73 Å². The standard InChI is InChI=1S/C9H12N2O3/c1-6-3-2-4-7(8(10)5-12)9(6)11(13)14/h2-4,8,12H,5,10H2,1H3/t8-/m0/s1. The molecule has 0 aliphatic carbocycles. The minimum atomic E-state index is -0.699. The van der Waals surface area contributed by atoms with Crippen molar-refractivity contribution in [1.82, 2.24) is 0 Å². The molecule has 0 fully saturated rings. The lowest BCUT2D eigenvalue weighted by atomic mass is 10.0. The van der Waals surface area contributed by atoms with Crippen molar-refractivity contribution in [3.8, 4) is 0 Å². The Morgan fingerprint density at radius 1 is 1.64 bits per heavy atom. The molecule has 0 saturated carbocycles. The van der Waals surface area contributed by atoms with Crippen LogP contribution in [0.15, 0.2) is 18.2 Å². The lowest BCUT2D eigenvalue weighted by Crippen LogP contribution is -2.16. The molecule has 5 heteroatoms. The molecule has 0 bridgehead atoms. The van der Waals surface area contributed by atoms with E-state index in [0.717, 1.165) is 0 Å². The van der Waals surface area contributed by atoms with E-state index in [1.807, 2.05) is 0 Å². The third-order valence-electron chi connectivity index (χ3n) is 2.05. The highest BCUT2D eigenvalue weighted by molar-refractivity contribution is 5.48. The van der Waals surface area contributed by atoms with Crippen LogP contribution >= 0.6 is 0 Å². The van der Waals surface area contributed by atoms with Gasteiger partial charge < -0.3 is 10.8 Å². The Balaban J connectivity index is 3.28. The zero-order valence-corrected chi connectivity index (χ0v) is 7.80. The summed E-state index contributed by atoms with van der Waals surface area (Å²) in [6.07, 6.45) is 0. The molecule has 0 heterocycles. The van der Waals surface area contributed by atoms with Crippen molar-refractivity contribution >= 4 is 5.69 Å². The number of hydrogen-bond acceptors (Lipinski definition) is 4. The fourth-order valence-corrected chi connectivity index (χ4v) is 1.33. The molecule has 0 radical (unpaired) electrons. The van der Waals surface area contributed by atoms with Gasteiger partial charge in [-0.1, -0.05) is 18.2 Å². The third-order valence-corrected chi connectivity index (χ3v) is 2.05. The third kappa shape index (κ3) is 1.89. The van der Waals surface area contributed by atoms with Gasteiger partial charge in [-0.25, -0.2) is 0 Å². The van der Waals surface area contributed by atoms with Crippen LogP contribution in [0.25, 0.3) is 0 Å². The molecule has 14 heavy (non-hydrogen) atoms. The summed E-state index contributed by atoms with van der Waals surface area (Å²) in [5, 5.41) is 19.6. The van der Waals surface area contributed by atoms with Crippen LogP contribution in [-0.4, -0.2) is 16.6 Å². The van der Waals surface area contributed by atoms with Crippen LogP contribution in [0.1, 0.15) is 17.2 Å². The van der Waals surface area contributed by atoms with Crippen LogP contribution in [0.2, 0.25) is 0 Å². The zero-order chi connectivity index (χ0) is 10.7. The average Bonchev–Trinajstić information content (AvgIpc) is 2.15. The van der Waals surface area contributed by atoms with Crippen LogP contribution in [0.4, 0.5) is 5.69 Å². The predicted molar refractivity (Wildman–Crippen MR) is 51.8 cm³/mol. The first-order valence-electron chi connectivity index (χ1n) is 4.18. The summed E-state index contributed by atoms with van der Waals surface area (Å²) in [6.45, 7) is 1.34. The quantitative estimate of drug-likeness (QED) is 0.555. The molecule has 1 aromatic carbocycles. The van der Waals surface area contributed by atoms with E-state index in [1.54, 1.807) is 25.1 Å². The zero-order valence-electron chi connectivity index (χ0n) is 7.80. The topological polar surface area (TPSA) is 89.4 Å². The number of aliphatic hydroxyl groups excluding tert-OH is 1. The van der Waals surface area contributed by atoms with Crippen molar-refractivity contribution in [2.24, 2.45) is 5.73 Å². The van der Waals surface area contributed by atoms with E-state index in [0.29, 0.717) is 11.1 Å². The normalized spacial score (nSPS) is 12.5. The first-order valence-corrected chi connectivity index (χ1v) is 4.18. The molecular weight excluding hydrogens is 184 g/mol. The van der Waals surface area contributed by atoms with E-state index in [-0.39, 0.29) is 12.3 Å². The maximum Gasteiger partial charge on any atom is 0.277 e. The van der Waals surface area contributed by atoms with E-state index in [2.05, 4.69) is 0 Å². The number of nitrogens with zero attached hydrogens (tertiary/aromatic N) is 1. The number of para-hydroxylation sites is 1. The first-order chi connectivity index (χ1) is 6.57. The average molecular weight is 196 g/mol. The molecule has 1 atom stereocenters. The van der Waals surface area contributed by atoms with E-state index >= 15 is 0 Å². The molecular formula is C9H12N2O3. The first kappa shape index (κ1) is 10.6. The highest BCUT2D eigenvalue weighted by Crippen LogP contribution is 2.26. The molecule has 0 aliphatic rings.